The van der Waals surface area contributed by atoms with Crippen molar-refractivity contribution in [2.24, 2.45) is 0 Å². The molecule has 3 rings (SSSR count). The molecule has 1 aliphatic rings. The predicted molar refractivity (Wildman–Crippen MR) is 74.6 cm³/mol. The van der Waals surface area contributed by atoms with Crippen LogP contribution in [-0.2, 0) is 0 Å². The molecule has 1 unspecified atom stereocenters. The molecule has 1 aliphatic heterocycles. The normalized spacial score (nSPS) is 16.4. The van der Waals surface area contributed by atoms with Crippen LogP contribution in [0.1, 0.15) is 11.6 Å². The predicted octanol–water partition coefficient (Wildman–Crippen LogP) is 2.65. The van der Waals surface area contributed by atoms with Crippen molar-refractivity contribution in [2.45, 2.75) is 6.04 Å². The minimum atomic E-state index is -0.0154. The Kier molecular flexibility index (Phi) is 3.02. The Morgan fingerprint density at radius 2 is 2.05 bits per heavy atom. The Morgan fingerprint density at radius 1 is 1.20 bits per heavy atom. The maximum atomic E-state index is 9.77. The molecule has 0 bridgehead atoms. The second kappa shape index (κ2) is 4.85. The molecule has 1 atom stereocenters. The quantitative estimate of drug-likeness (QED) is 0.802. The molecule has 2 aromatic carbocycles. The van der Waals surface area contributed by atoms with Gasteiger partial charge in [-0.25, -0.2) is 0 Å². The lowest BCUT2D eigenvalue weighted by molar-refractivity contribution is 0.338. The van der Waals surface area contributed by atoms with Gasteiger partial charge in [0.2, 0.25) is 0 Å². The summed E-state index contributed by atoms with van der Waals surface area (Å²) in [7, 11) is 1.51. The molecule has 104 valence electrons. The summed E-state index contributed by atoms with van der Waals surface area (Å²) < 4.78 is 10.5. The topological polar surface area (TPSA) is 71.0 Å². The van der Waals surface area contributed by atoms with Crippen LogP contribution in [0, 0.1) is 0 Å². The van der Waals surface area contributed by atoms with Gasteiger partial charge in [0, 0.05) is 23.4 Å². The Morgan fingerprint density at radius 3 is 2.80 bits per heavy atom. The van der Waals surface area contributed by atoms with E-state index in [1.165, 1.54) is 7.11 Å². The third-order valence-corrected chi connectivity index (χ3v) is 3.30. The number of benzene rings is 2. The van der Waals surface area contributed by atoms with Crippen LogP contribution in [0.5, 0.6) is 23.0 Å². The minimum Gasteiger partial charge on any atom is -0.508 e. The smallest absolute Gasteiger partial charge is 0.160 e. The number of hydrogen-bond acceptors (Lipinski definition) is 5. The van der Waals surface area contributed by atoms with Crippen LogP contribution in [0.3, 0.4) is 0 Å². The SMILES string of the molecule is COc1ccc(NC2COc3cc(O)ccc32)cc1O. The van der Waals surface area contributed by atoms with E-state index < -0.39 is 0 Å². The monoisotopic (exact) mass is 273 g/mol. The number of nitrogens with one attached hydrogen (secondary N) is 1. The molecule has 5 heteroatoms. The molecule has 0 spiro atoms. The molecule has 0 saturated heterocycles. The number of ether oxygens (including phenoxy) is 2. The summed E-state index contributed by atoms with van der Waals surface area (Å²) in [5, 5.41) is 22.5. The van der Waals surface area contributed by atoms with Crippen LogP contribution in [0.4, 0.5) is 5.69 Å². The van der Waals surface area contributed by atoms with Gasteiger partial charge in [0.05, 0.1) is 13.2 Å². The molecule has 0 saturated carbocycles. The van der Waals surface area contributed by atoms with Crippen LogP contribution in [0.25, 0.3) is 0 Å². The van der Waals surface area contributed by atoms with Gasteiger partial charge in [-0.15, -0.1) is 0 Å². The summed E-state index contributed by atoms with van der Waals surface area (Å²) in [6, 6.07) is 10.2. The van der Waals surface area contributed by atoms with Gasteiger partial charge in [0.1, 0.15) is 18.1 Å². The van der Waals surface area contributed by atoms with Gasteiger partial charge >= 0.3 is 0 Å². The van der Waals surface area contributed by atoms with Crippen molar-refractivity contribution in [2.75, 3.05) is 19.0 Å². The molecular formula is C15H15NO4. The molecule has 20 heavy (non-hydrogen) atoms. The van der Waals surface area contributed by atoms with Crippen molar-refractivity contribution in [1.82, 2.24) is 0 Å². The second-order valence-corrected chi connectivity index (χ2v) is 4.62. The van der Waals surface area contributed by atoms with E-state index in [1.54, 1.807) is 24.3 Å². The fourth-order valence-corrected chi connectivity index (χ4v) is 2.30. The highest BCUT2D eigenvalue weighted by molar-refractivity contribution is 5.57. The van der Waals surface area contributed by atoms with Crippen molar-refractivity contribution < 1.29 is 19.7 Å². The summed E-state index contributed by atoms with van der Waals surface area (Å²) >= 11 is 0. The van der Waals surface area contributed by atoms with E-state index in [2.05, 4.69) is 5.32 Å². The maximum absolute atomic E-state index is 9.77. The Balaban J connectivity index is 1.82. The first-order chi connectivity index (χ1) is 9.67. The van der Waals surface area contributed by atoms with Crippen LogP contribution >= 0.6 is 0 Å². The average Bonchev–Trinajstić information content (AvgIpc) is 2.81. The van der Waals surface area contributed by atoms with Gasteiger partial charge in [0.15, 0.2) is 11.5 Å². The summed E-state index contributed by atoms with van der Waals surface area (Å²) in [5.74, 6) is 1.39. The Bertz CT molecular complexity index is 642. The van der Waals surface area contributed by atoms with Gasteiger partial charge in [-0.3, -0.25) is 0 Å². The Labute approximate surface area is 116 Å². The zero-order valence-electron chi connectivity index (χ0n) is 11.0. The maximum Gasteiger partial charge on any atom is 0.160 e. The molecular weight excluding hydrogens is 258 g/mol. The largest absolute Gasteiger partial charge is 0.508 e. The van der Waals surface area contributed by atoms with Gasteiger partial charge in [-0.2, -0.15) is 0 Å². The molecule has 2 aromatic rings. The third-order valence-electron chi connectivity index (χ3n) is 3.30. The molecule has 0 aromatic heterocycles. The fourth-order valence-electron chi connectivity index (χ4n) is 2.30. The van der Waals surface area contributed by atoms with E-state index in [4.69, 9.17) is 9.47 Å². The number of methoxy groups -OCH3 is 1. The van der Waals surface area contributed by atoms with E-state index in [-0.39, 0.29) is 17.5 Å². The highest BCUT2D eigenvalue weighted by Gasteiger charge is 2.24. The van der Waals surface area contributed by atoms with E-state index >= 15 is 0 Å². The average molecular weight is 273 g/mol. The molecule has 0 fully saturated rings. The first-order valence-electron chi connectivity index (χ1n) is 6.26. The molecule has 0 aliphatic carbocycles. The first-order valence-corrected chi connectivity index (χ1v) is 6.26. The van der Waals surface area contributed by atoms with E-state index in [0.29, 0.717) is 18.1 Å². The van der Waals surface area contributed by atoms with E-state index in [0.717, 1.165) is 11.3 Å². The van der Waals surface area contributed by atoms with Crippen molar-refractivity contribution in [3.63, 3.8) is 0 Å². The van der Waals surface area contributed by atoms with Crippen LogP contribution in [0.15, 0.2) is 36.4 Å². The lowest BCUT2D eigenvalue weighted by Crippen LogP contribution is -2.11. The molecule has 0 radical (unpaired) electrons. The lowest BCUT2D eigenvalue weighted by Gasteiger charge is -2.14. The number of aromatic hydroxyl groups is 2. The highest BCUT2D eigenvalue weighted by atomic mass is 16.5. The number of phenols is 2. The third kappa shape index (κ3) is 2.18. The molecule has 0 amide bonds. The van der Waals surface area contributed by atoms with Crippen LogP contribution in [-0.4, -0.2) is 23.9 Å². The summed E-state index contributed by atoms with van der Waals surface area (Å²) in [5.41, 5.74) is 1.76. The zero-order chi connectivity index (χ0) is 14.1. The summed E-state index contributed by atoms with van der Waals surface area (Å²) in [6.07, 6.45) is 0. The lowest BCUT2D eigenvalue weighted by atomic mass is 10.1. The van der Waals surface area contributed by atoms with Crippen molar-refractivity contribution in [1.29, 1.82) is 0 Å². The zero-order valence-corrected chi connectivity index (χ0v) is 11.0. The molecule has 3 N–H and O–H groups in total. The molecule has 5 nitrogen and oxygen atoms in total. The molecule has 1 heterocycles. The van der Waals surface area contributed by atoms with E-state index in [9.17, 15) is 10.2 Å². The Hall–Kier alpha value is -2.56. The van der Waals surface area contributed by atoms with Gasteiger partial charge in [-0.05, 0) is 24.3 Å². The van der Waals surface area contributed by atoms with Crippen molar-refractivity contribution >= 4 is 5.69 Å². The number of phenolic OH excluding ortho intramolecular Hbond substituents is 2. The van der Waals surface area contributed by atoms with Gasteiger partial charge in [-0.1, -0.05) is 0 Å². The van der Waals surface area contributed by atoms with Crippen molar-refractivity contribution in [3.05, 3.63) is 42.0 Å². The van der Waals surface area contributed by atoms with Gasteiger partial charge in [0.25, 0.3) is 0 Å². The number of hydrogen-bond donors (Lipinski definition) is 3. The minimum absolute atomic E-state index is 0.0154. The number of anilines is 1. The number of rotatable bonds is 3. The van der Waals surface area contributed by atoms with Crippen LogP contribution in [0.2, 0.25) is 0 Å². The summed E-state index contributed by atoms with van der Waals surface area (Å²) in [4.78, 5) is 0. The van der Waals surface area contributed by atoms with Gasteiger partial charge < -0.3 is 25.0 Å². The van der Waals surface area contributed by atoms with E-state index in [1.807, 2.05) is 12.1 Å². The highest BCUT2D eigenvalue weighted by Crippen LogP contribution is 2.37. The number of fused-ring (bicyclic) bond motifs is 1. The summed E-state index contributed by atoms with van der Waals surface area (Å²) in [6.45, 7) is 0.478. The first kappa shape index (κ1) is 12.5. The van der Waals surface area contributed by atoms with Crippen molar-refractivity contribution in [3.8, 4) is 23.0 Å². The fraction of sp³-hybridized carbons (Fsp3) is 0.200. The van der Waals surface area contributed by atoms with Crippen LogP contribution < -0.4 is 14.8 Å². The standard InChI is InChI=1S/C15H15NO4/c1-19-14-5-2-9(6-13(14)18)16-12-8-20-15-7-10(17)3-4-11(12)15/h2-7,12,16-18H,8H2,1H3. The second-order valence-electron chi connectivity index (χ2n) is 4.62.